The van der Waals surface area contributed by atoms with Crippen LogP contribution in [0, 0.1) is 13.8 Å². The van der Waals surface area contributed by atoms with Gasteiger partial charge in [0.1, 0.15) is 6.61 Å². The van der Waals surface area contributed by atoms with Gasteiger partial charge in [0.05, 0.1) is 12.8 Å². The molecular formula is C24H28N4O2. The van der Waals surface area contributed by atoms with E-state index < -0.39 is 0 Å². The van der Waals surface area contributed by atoms with Gasteiger partial charge in [-0.3, -0.25) is 0 Å². The van der Waals surface area contributed by atoms with Gasteiger partial charge in [0.2, 0.25) is 5.95 Å². The van der Waals surface area contributed by atoms with Crippen molar-refractivity contribution >= 4 is 11.6 Å². The Kier molecular flexibility index (Phi) is 6.14. The largest absolute Gasteiger partial charge is 0.493 e. The molecule has 0 amide bonds. The smallest absolute Gasteiger partial charge is 0.227 e. The van der Waals surface area contributed by atoms with Gasteiger partial charge < -0.3 is 20.1 Å². The molecule has 1 aromatic heterocycles. The molecule has 156 valence electrons. The molecule has 6 nitrogen and oxygen atoms in total. The topological polar surface area (TPSA) is 68.3 Å². The van der Waals surface area contributed by atoms with Crippen molar-refractivity contribution in [2.45, 2.75) is 32.7 Å². The minimum absolute atomic E-state index is 0.411. The zero-order valence-electron chi connectivity index (χ0n) is 17.7. The molecule has 6 heteroatoms. The van der Waals surface area contributed by atoms with E-state index in [0.29, 0.717) is 24.3 Å². The van der Waals surface area contributed by atoms with Crippen molar-refractivity contribution in [2.24, 2.45) is 0 Å². The van der Waals surface area contributed by atoms with Crippen molar-refractivity contribution < 1.29 is 9.47 Å². The lowest BCUT2D eigenvalue weighted by molar-refractivity contribution is 0.262. The Balaban J connectivity index is 1.51. The number of aryl methyl sites for hydroxylation is 2. The molecule has 2 aromatic carbocycles. The highest BCUT2D eigenvalue weighted by atomic mass is 16.5. The van der Waals surface area contributed by atoms with E-state index in [9.17, 15) is 0 Å². The lowest BCUT2D eigenvalue weighted by Crippen LogP contribution is -2.28. The van der Waals surface area contributed by atoms with Gasteiger partial charge in [-0.1, -0.05) is 18.2 Å². The Hall–Kier alpha value is -3.12. The summed E-state index contributed by atoms with van der Waals surface area (Å²) >= 11 is 0. The van der Waals surface area contributed by atoms with E-state index in [4.69, 9.17) is 14.5 Å². The summed E-state index contributed by atoms with van der Waals surface area (Å²) in [6.45, 7) is 5.91. The molecule has 0 radical (unpaired) electrons. The molecule has 0 spiro atoms. The van der Waals surface area contributed by atoms with Crippen LogP contribution in [0.4, 0.5) is 11.6 Å². The summed E-state index contributed by atoms with van der Waals surface area (Å²) in [5.74, 6) is 1.96. The number of methoxy groups -OCH3 is 1. The third kappa shape index (κ3) is 4.54. The van der Waals surface area contributed by atoms with Crippen molar-refractivity contribution in [1.29, 1.82) is 0 Å². The van der Waals surface area contributed by atoms with Crippen LogP contribution in [-0.2, 0) is 0 Å². The van der Waals surface area contributed by atoms with Crippen molar-refractivity contribution in [3.8, 4) is 22.8 Å². The van der Waals surface area contributed by atoms with E-state index in [1.165, 1.54) is 17.5 Å². The molecule has 2 N–H and O–H groups in total. The molecule has 2 heterocycles. The second kappa shape index (κ2) is 9.13. The fraction of sp³-hybridized carbons (Fsp3) is 0.333. The molecule has 3 aromatic rings. The summed E-state index contributed by atoms with van der Waals surface area (Å²) in [5.41, 5.74) is 5.28. The second-order valence-electron chi connectivity index (χ2n) is 7.63. The molecule has 1 saturated heterocycles. The number of hydrogen-bond donors (Lipinski definition) is 2. The highest BCUT2D eigenvalue weighted by molar-refractivity contribution is 5.69. The van der Waals surface area contributed by atoms with Crippen molar-refractivity contribution in [3.63, 3.8) is 0 Å². The number of rotatable bonds is 7. The fourth-order valence-corrected chi connectivity index (χ4v) is 3.86. The first-order valence-electron chi connectivity index (χ1n) is 10.3. The van der Waals surface area contributed by atoms with Crippen molar-refractivity contribution in [2.75, 3.05) is 25.6 Å². The highest BCUT2D eigenvalue weighted by Gasteiger charge is 2.16. The standard InChI is InChI=1S/C24H28N4O2/c1-16-6-4-7-17(2)23(16)20-11-13-26-24(28-20)27-18-9-10-21(22(14-18)29-3)30-15-19-8-5-12-25-19/h4,6-7,9-11,13-14,19,25H,5,8,12,15H2,1-3H3,(H,26,27,28)/t19-/m1/s1. The fourth-order valence-electron chi connectivity index (χ4n) is 3.86. The van der Waals surface area contributed by atoms with E-state index in [-0.39, 0.29) is 0 Å². The average Bonchev–Trinajstić information content (AvgIpc) is 3.26. The zero-order valence-corrected chi connectivity index (χ0v) is 17.7. The Morgan fingerprint density at radius 3 is 2.67 bits per heavy atom. The van der Waals surface area contributed by atoms with Crippen LogP contribution in [0.1, 0.15) is 24.0 Å². The third-order valence-corrected chi connectivity index (χ3v) is 5.42. The third-order valence-electron chi connectivity index (χ3n) is 5.42. The van der Waals surface area contributed by atoms with Crippen LogP contribution in [-0.4, -0.2) is 36.3 Å². The summed E-state index contributed by atoms with van der Waals surface area (Å²) in [6, 6.07) is 14.4. The molecule has 1 aliphatic heterocycles. The Bertz CT molecular complexity index is 996. The first-order chi connectivity index (χ1) is 14.6. The summed E-state index contributed by atoms with van der Waals surface area (Å²) in [5, 5.41) is 6.72. The number of aromatic nitrogens is 2. The van der Waals surface area contributed by atoms with Gasteiger partial charge in [-0.25, -0.2) is 9.97 Å². The second-order valence-corrected chi connectivity index (χ2v) is 7.63. The number of nitrogens with one attached hydrogen (secondary N) is 2. The van der Waals surface area contributed by atoms with Gasteiger partial charge >= 0.3 is 0 Å². The predicted octanol–water partition coefficient (Wildman–Crippen LogP) is 4.64. The summed E-state index contributed by atoms with van der Waals surface area (Å²) in [4.78, 5) is 9.11. The maximum Gasteiger partial charge on any atom is 0.227 e. The molecular weight excluding hydrogens is 376 g/mol. The molecule has 0 unspecified atom stereocenters. The molecule has 30 heavy (non-hydrogen) atoms. The van der Waals surface area contributed by atoms with Crippen molar-refractivity contribution in [3.05, 3.63) is 59.8 Å². The van der Waals surface area contributed by atoms with Crippen LogP contribution >= 0.6 is 0 Å². The van der Waals surface area contributed by atoms with Crippen LogP contribution in [0.5, 0.6) is 11.5 Å². The number of ether oxygens (including phenoxy) is 2. The number of nitrogens with zero attached hydrogens (tertiary/aromatic N) is 2. The lowest BCUT2D eigenvalue weighted by Gasteiger charge is -2.16. The SMILES string of the molecule is COc1cc(Nc2nccc(-c3c(C)cccc3C)n2)ccc1OC[C@H]1CCCN1. The molecule has 0 saturated carbocycles. The van der Waals surface area contributed by atoms with E-state index in [0.717, 1.165) is 35.7 Å². The quantitative estimate of drug-likeness (QED) is 0.598. The Morgan fingerprint density at radius 1 is 1.10 bits per heavy atom. The van der Waals surface area contributed by atoms with Gasteiger partial charge in [-0.2, -0.15) is 0 Å². The number of anilines is 2. The predicted molar refractivity (Wildman–Crippen MR) is 120 cm³/mol. The first kappa shape index (κ1) is 20.2. The van der Waals surface area contributed by atoms with Gasteiger partial charge in [0, 0.05) is 29.6 Å². The van der Waals surface area contributed by atoms with Crippen LogP contribution in [0.2, 0.25) is 0 Å². The molecule has 0 aliphatic carbocycles. The summed E-state index contributed by atoms with van der Waals surface area (Å²) in [7, 11) is 1.65. The summed E-state index contributed by atoms with van der Waals surface area (Å²) in [6.07, 6.45) is 4.13. The van der Waals surface area contributed by atoms with E-state index in [1.54, 1.807) is 13.3 Å². The van der Waals surface area contributed by atoms with E-state index in [2.05, 4.69) is 47.7 Å². The minimum Gasteiger partial charge on any atom is -0.493 e. The molecule has 4 rings (SSSR count). The average molecular weight is 405 g/mol. The van der Waals surface area contributed by atoms with Gasteiger partial charge in [-0.05, 0) is 62.6 Å². The highest BCUT2D eigenvalue weighted by Crippen LogP contribution is 2.32. The monoisotopic (exact) mass is 404 g/mol. The molecule has 1 fully saturated rings. The minimum atomic E-state index is 0.411. The number of benzene rings is 2. The van der Waals surface area contributed by atoms with Crippen LogP contribution in [0.25, 0.3) is 11.3 Å². The zero-order chi connectivity index (χ0) is 20.9. The molecule has 0 bridgehead atoms. The van der Waals surface area contributed by atoms with Gasteiger partial charge in [-0.15, -0.1) is 0 Å². The lowest BCUT2D eigenvalue weighted by atomic mass is 10.00. The van der Waals surface area contributed by atoms with Crippen LogP contribution < -0.4 is 20.1 Å². The maximum atomic E-state index is 5.97. The van der Waals surface area contributed by atoms with E-state index in [1.807, 2.05) is 24.3 Å². The van der Waals surface area contributed by atoms with E-state index >= 15 is 0 Å². The maximum absolute atomic E-state index is 5.97. The number of hydrogen-bond acceptors (Lipinski definition) is 6. The Labute approximate surface area is 177 Å². The van der Waals surface area contributed by atoms with Crippen LogP contribution in [0.15, 0.2) is 48.7 Å². The molecule has 1 atom stereocenters. The summed E-state index contributed by atoms with van der Waals surface area (Å²) < 4.78 is 11.5. The Morgan fingerprint density at radius 2 is 1.93 bits per heavy atom. The first-order valence-corrected chi connectivity index (χ1v) is 10.3. The van der Waals surface area contributed by atoms with Crippen LogP contribution in [0.3, 0.4) is 0 Å². The molecule has 1 aliphatic rings. The van der Waals surface area contributed by atoms with Crippen molar-refractivity contribution in [1.82, 2.24) is 15.3 Å². The van der Waals surface area contributed by atoms with Gasteiger partial charge in [0.25, 0.3) is 0 Å². The normalized spacial score (nSPS) is 15.8. The van der Waals surface area contributed by atoms with Gasteiger partial charge in [0.15, 0.2) is 11.5 Å².